The molecule has 3 rings (SSSR count). The molecule has 0 saturated carbocycles. The van der Waals surface area contributed by atoms with Gasteiger partial charge in [0.2, 0.25) is 5.91 Å². The van der Waals surface area contributed by atoms with Crippen molar-refractivity contribution in [1.29, 1.82) is 0 Å². The van der Waals surface area contributed by atoms with E-state index in [1.54, 1.807) is 0 Å². The van der Waals surface area contributed by atoms with Gasteiger partial charge < -0.3 is 5.32 Å². The van der Waals surface area contributed by atoms with Crippen molar-refractivity contribution in [2.75, 3.05) is 16.9 Å². The molecule has 0 saturated heterocycles. The number of hydrogen-bond acceptors (Lipinski definition) is 3. The Labute approximate surface area is 117 Å². The molecule has 4 nitrogen and oxygen atoms in total. The van der Waals surface area contributed by atoms with Crippen LogP contribution >= 0.6 is 0 Å². The number of amides is 1. The Morgan fingerprint density at radius 2 is 1.80 bits per heavy atom. The molecule has 0 unspecified atom stereocenters. The summed E-state index contributed by atoms with van der Waals surface area (Å²) in [6.07, 6.45) is 0. The van der Waals surface area contributed by atoms with E-state index in [1.807, 2.05) is 54.6 Å². The van der Waals surface area contributed by atoms with Gasteiger partial charge in [-0.15, -0.1) is 0 Å². The van der Waals surface area contributed by atoms with Crippen LogP contribution in [0.15, 0.2) is 59.7 Å². The second-order valence-corrected chi connectivity index (χ2v) is 4.61. The minimum atomic E-state index is -0.104. The van der Waals surface area contributed by atoms with E-state index in [9.17, 15) is 4.79 Å². The Bertz CT molecular complexity index is 664. The Hall–Kier alpha value is -2.62. The van der Waals surface area contributed by atoms with Crippen LogP contribution in [0.1, 0.15) is 12.5 Å². The van der Waals surface area contributed by atoms with Gasteiger partial charge in [-0.05, 0) is 18.2 Å². The second-order valence-electron chi connectivity index (χ2n) is 4.61. The van der Waals surface area contributed by atoms with E-state index < -0.39 is 0 Å². The third-order valence-electron chi connectivity index (χ3n) is 3.20. The molecule has 20 heavy (non-hydrogen) atoms. The van der Waals surface area contributed by atoms with Crippen LogP contribution in [-0.4, -0.2) is 18.2 Å². The maximum atomic E-state index is 11.8. The van der Waals surface area contributed by atoms with Gasteiger partial charge in [0.05, 0.1) is 17.9 Å². The summed E-state index contributed by atoms with van der Waals surface area (Å²) in [7, 11) is 0. The van der Waals surface area contributed by atoms with Gasteiger partial charge in [-0.2, -0.15) is 5.10 Å². The third-order valence-corrected chi connectivity index (χ3v) is 3.20. The van der Waals surface area contributed by atoms with Crippen LogP contribution in [0.4, 0.5) is 11.4 Å². The van der Waals surface area contributed by atoms with E-state index in [0.717, 1.165) is 22.6 Å². The number of para-hydroxylation sites is 2. The zero-order chi connectivity index (χ0) is 13.9. The average molecular weight is 265 g/mol. The van der Waals surface area contributed by atoms with E-state index in [2.05, 4.69) is 10.4 Å². The summed E-state index contributed by atoms with van der Waals surface area (Å²) in [5.74, 6) is -0.104. The average Bonchev–Trinajstić information content (AvgIpc) is 2.88. The van der Waals surface area contributed by atoms with Gasteiger partial charge in [-0.3, -0.25) is 4.79 Å². The van der Waals surface area contributed by atoms with Crippen molar-refractivity contribution in [1.82, 2.24) is 0 Å². The number of nitrogens with one attached hydrogen (secondary N) is 1. The molecule has 0 atom stereocenters. The first-order chi connectivity index (χ1) is 9.75. The quantitative estimate of drug-likeness (QED) is 0.849. The summed E-state index contributed by atoms with van der Waals surface area (Å²) in [5, 5.41) is 9.25. The molecule has 2 aromatic carbocycles. The van der Waals surface area contributed by atoms with Gasteiger partial charge in [-0.1, -0.05) is 36.4 Å². The molecule has 4 heteroatoms. The number of hydrazone groups is 1. The second kappa shape index (κ2) is 5.17. The smallest absolute Gasteiger partial charge is 0.244 e. The molecule has 1 heterocycles. The lowest BCUT2D eigenvalue weighted by Crippen LogP contribution is -2.25. The standard InChI is InChI=1S/C16H15N3O/c1-12(20)19(13-7-3-2-4-8-13)18-16-11-17-15-10-6-5-9-14(15)16/h2-10,17H,11H2,1H3/b18-16-. The zero-order valence-corrected chi connectivity index (χ0v) is 11.2. The number of carbonyl (C=O) groups is 1. The van der Waals surface area contributed by atoms with Crippen molar-refractivity contribution < 1.29 is 4.79 Å². The summed E-state index contributed by atoms with van der Waals surface area (Å²) >= 11 is 0. The number of benzene rings is 2. The Morgan fingerprint density at radius 3 is 2.55 bits per heavy atom. The highest BCUT2D eigenvalue weighted by Gasteiger charge is 2.19. The fourth-order valence-electron chi connectivity index (χ4n) is 2.25. The maximum absolute atomic E-state index is 11.8. The van der Waals surface area contributed by atoms with Crippen LogP contribution in [0, 0.1) is 0 Å². The van der Waals surface area contributed by atoms with Crippen molar-refractivity contribution in [3.63, 3.8) is 0 Å². The minimum absolute atomic E-state index is 0.104. The fourth-order valence-corrected chi connectivity index (χ4v) is 2.25. The molecule has 1 aliphatic rings. The van der Waals surface area contributed by atoms with Gasteiger partial charge in [-0.25, -0.2) is 5.01 Å². The van der Waals surface area contributed by atoms with Crippen LogP contribution in [0.5, 0.6) is 0 Å². The van der Waals surface area contributed by atoms with Crippen LogP contribution < -0.4 is 10.3 Å². The zero-order valence-electron chi connectivity index (χ0n) is 11.2. The summed E-state index contributed by atoms with van der Waals surface area (Å²) < 4.78 is 0. The highest BCUT2D eigenvalue weighted by molar-refractivity contribution is 6.12. The largest absolute Gasteiger partial charge is 0.379 e. The minimum Gasteiger partial charge on any atom is -0.379 e. The van der Waals surface area contributed by atoms with Gasteiger partial charge in [0.1, 0.15) is 0 Å². The molecular formula is C16H15N3O. The van der Waals surface area contributed by atoms with E-state index in [1.165, 1.54) is 11.9 Å². The lowest BCUT2D eigenvalue weighted by atomic mass is 10.1. The van der Waals surface area contributed by atoms with Crippen molar-refractivity contribution in [2.24, 2.45) is 5.10 Å². The van der Waals surface area contributed by atoms with Crippen LogP contribution in [0.2, 0.25) is 0 Å². The molecule has 0 aliphatic carbocycles. The molecule has 1 N–H and O–H groups in total. The first kappa shape index (κ1) is 12.4. The normalized spacial score (nSPS) is 14.8. The number of nitrogens with zero attached hydrogens (tertiary/aromatic N) is 2. The fraction of sp³-hybridized carbons (Fsp3) is 0.125. The summed E-state index contributed by atoms with van der Waals surface area (Å²) in [6, 6.07) is 17.4. The molecule has 0 bridgehead atoms. The van der Waals surface area contributed by atoms with Crippen LogP contribution in [-0.2, 0) is 4.79 Å². The van der Waals surface area contributed by atoms with Crippen molar-refractivity contribution in [2.45, 2.75) is 6.92 Å². The van der Waals surface area contributed by atoms with Gasteiger partial charge in [0, 0.05) is 18.2 Å². The Balaban J connectivity index is 2.00. The Morgan fingerprint density at radius 1 is 1.10 bits per heavy atom. The van der Waals surface area contributed by atoms with E-state index >= 15 is 0 Å². The van der Waals surface area contributed by atoms with Crippen LogP contribution in [0.25, 0.3) is 0 Å². The Kier molecular flexibility index (Phi) is 3.21. The molecule has 1 amide bonds. The molecular weight excluding hydrogens is 250 g/mol. The van der Waals surface area contributed by atoms with Crippen molar-refractivity contribution in [3.05, 3.63) is 60.2 Å². The lowest BCUT2D eigenvalue weighted by Gasteiger charge is -2.16. The van der Waals surface area contributed by atoms with Gasteiger partial charge in [0.25, 0.3) is 0 Å². The summed E-state index contributed by atoms with van der Waals surface area (Å²) in [4.78, 5) is 11.8. The highest BCUT2D eigenvalue weighted by Crippen LogP contribution is 2.23. The molecule has 0 spiro atoms. The summed E-state index contributed by atoms with van der Waals surface area (Å²) in [6.45, 7) is 2.15. The molecule has 1 aliphatic heterocycles. The predicted molar refractivity (Wildman–Crippen MR) is 81.1 cm³/mol. The van der Waals surface area contributed by atoms with Crippen molar-refractivity contribution >= 4 is 23.0 Å². The SMILES string of the molecule is CC(=O)N(/N=C1/CNc2ccccc21)c1ccccc1. The number of hydrogen-bond donors (Lipinski definition) is 1. The number of anilines is 2. The summed E-state index contributed by atoms with van der Waals surface area (Å²) in [5.41, 5.74) is 3.76. The van der Waals surface area contributed by atoms with E-state index in [4.69, 9.17) is 0 Å². The van der Waals surface area contributed by atoms with Crippen molar-refractivity contribution in [3.8, 4) is 0 Å². The topological polar surface area (TPSA) is 44.7 Å². The van der Waals surface area contributed by atoms with Gasteiger partial charge in [0.15, 0.2) is 0 Å². The highest BCUT2D eigenvalue weighted by atomic mass is 16.2. The maximum Gasteiger partial charge on any atom is 0.244 e. The number of fused-ring (bicyclic) bond motifs is 1. The van der Waals surface area contributed by atoms with E-state index in [0.29, 0.717) is 6.54 Å². The lowest BCUT2D eigenvalue weighted by molar-refractivity contribution is -0.116. The molecule has 2 aromatic rings. The first-order valence-electron chi connectivity index (χ1n) is 6.52. The van der Waals surface area contributed by atoms with Gasteiger partial charge >= 0.3 is 0 Å². The predicted octanol–water partition coefficient (Wildman–Crippen LogP) is 2.87. The van der Waals surface area contributed by atoms with Crippen LogP contribution in [0.3, 0.4) is 0 Å². The first-order valence-corrected chi connectivity index (χ1v) is 6.52. The molecule has 0 radical (unpaired) electrons. The monoisotopic (exact) mass is 265 g/mol. The molecule has 0 aromatic heterocycles. The molecule has 100 valence electrons. The number of carbonyl (C=O) groups excluding carboxylic acids is 1. The van der Waals surface area contributed by atoms with E-state index in [-0.39, 0.29) is 5.91 Å². The number of rotatable bonds is 2. The third kappa shape index (κ3) is 2.28. The molecule has 0 fully saturated rings.